The minimum Gasteiger partial charge on any atom is -0.251 e. The summed E-state index contributed by atoms with van der Waals surface area (Å²) in [6.45, 7) is 3.94. The van der Waals surface area contributed by atoms with Crippen LogP contribution in [0.4, 0.5) is 0 Å². The largest absolute Gasteiger partial charge is 0.251 e. The predicted octanol–water partition coefficient (Wildman–Crippen LogP) is -0.628. The van der Waals surface area contributed by atoms with Crippen molar-refractivity contribution < 1.29 is 4.84 Å². The van der Waals surface area contributed by atoms with Crippen LogP contribution in [0, 0.1) is 0 Å². The van der Waals surface area contributed by atoms with E-state index in [-0.39, 0.29) is 0 Å². The first-order chi connectivity index (χ1) is 4.43. The number of nitrogens with one attached hydrogen (secondary N) is 2. The molecule has 0 aromatic rings. The van der Waals surface area contributed by atoms with Crippen molar-refractivity contribution in [2.45, 2.75) is 0 Å². The van der Waals surface area contributed by atoms with E-state index in [4.69, 9.17) is 4.84 Å². The third-order valence-corrected chi connectivity index (χ3v) is 0.719. The molecule has 5 heteroatoms. The third-order valence-electron chi connectivity index (χ3n) is 0.719. The number of hydrogen-bond donors (Lipinski definition) is 2. The Kier molecular flexibility index (Phi) is 2.06. The fourth-order valence-corrected chi connectivity index (χ4v) is 0.387. The lowest BCUT2D eigenvalue weighted by molar-refractivity contribution is -0.120. The van der Waals surface area contributed by atoms with Gasteiger partial charge in [-0.3, -0.25) is 4.84 Å². The summed E-state index contributed by atoms with van der Waals surface area (Å²) in [7, 11) is 0. The summed E-state index contributed by atoms with van der Waals surface area (Å²) >= 11 is 0. The molecule has 1 heterocycles. The number of nitrogens with zero attached hydrogens (tertiary/aromatic N) is 2. The zero-order chi connectivity index (χ0) is 6.53. The molecular weight excluding hydrogens is 120 g/mol. The van der Waals surface area contributed by atoms with Gasteiger partial charge in [0.15, 0.2) is 6.34 Å². The maximum atomic E-state index is 4.94. The summed E-state index contributed by atoms with van der Waals surface area (Å²) in [5, 5.41) is 4.95. The van der Waals surface area contributed by atoms with E-state index in [1.54, 1.807) is 6.08 Å². The fourth-order valence-electron chi connectivity index (χ4n) is 0.387. The van der Waals surface area contributed by atoms with Crippen LogP contribution in [0.1, 0.15) is 0 Å². The van der Waals surface area contributed by atoms with E-state index < -0.39 is 0 Å². The van der Waals surface area contributed by atoms with Gasteiger partial charge in [-0.2, -0.15) is 5.17 Å². The average molecular weight is 128 g/mol. The SMILES string of the molecule is C=CCON1C=NNN1. The summed E-state index contributed by atoms with van der Waals surface area (Å²) in [4.78, 5) is 4.94. The Morgan fingerprint density at radius 3 is 3.33 bits per heavy atom. The van der Waals surface area contributed by atoms with Crippen LogP contribution in [-0.2, 0) is 4.84 Å². The van der Waals surface area contributed by atoms with Gasteiger partial charge in [0.1, 0.15) is 0 Å². The van der Waals surface area contributed by atoms with Crippen LogP contribution in [0.15, 0.2) is 17.8 Å². The first kappa shape index (κ1) is 6.06. The lowest BCUT2D eigenvalue weighted by atomic mass is 10.7. The molecule has 0 fully saturated rings. The van der Waals surface area contributed by atoms with Gasteiger partial charge in [-0.15, -0.1) is 17.2 Å². The maximum absolute atomic E-state index is 4.94. The molecule has 0 saturated heterocycles. The molecule has 1 aliphatic heterocycles. The summed E-state index contributed by atoms with van der Waals surface area (Å²) in [6, 6.07) is 0. The van der Waals surface area contributed by atoms with Crippen molar-refractivity contribution in [2.24, 2.45) is 5.10 Å². The highest BCUT2D eigenvalue weighted by Gasteiger charge is 2.00. The first-order valence-electron chi connectivity index (χ1n) is 2.50. The second kappa shape index (κ2) is 3.06. The Morgan fingerprint density at radius 1 is 1.89 bits per heavy atom. The monoisotopic (exact) mass is 128 g/mol. The van der Waals surface area contributed by atoms with Crippen LogP contribution >= 0.6 is 0 Å². The second-order valence-corrected chi connectivity index (χ2v) is 1.38. The molecule has 0 aromatic heterocycles. The molecule has 0 bridgehead atoms. The molecular formula is C4H8N4O. The Morgan fingerprint density at radius 2 is 2.78 bits per heavy atom. The van der Waals surface area contributed by atoms with Gasteiger partial charge in [0, 0.05) is 0 Å². The molecule has 50 valence electrons. The first-order valence-corrected chi connectivity index (χ1v) is 2.50. The molecule has 0 aliphatic carbocycles. The number of hydrazine groups is 2. The Bertz CT molecular complexity index is 124. The van der Waals surface area contributed by atoms with Crippen LogP contribution in [0.3, 0.4) is 0 Å². The number of rotatable bonds is 3. The van der Waals surface area contributed by atoms with Gasteiger partial charge in [0.05, 0.1) is 6.61 Å². The number of hydrogen-bond acceptors (Lipinski definition) is 5. The van der Waals surface area contributed by atoms with E-state index in [1.165, 1.54) is 11.5 Å². The number of hydrazone groups is 1. The maximum Gasteiger partial charge on any atom is 0.158 e. The van der Waals surface area contributed by atoms with Crippen LogP contribution in [-0.4, -0.2) is 18.1 Å². The van der Waals surface area contributed by atoms with E-state index in [1.807, 2.05) is 0 Å². The summed E-state index contributed by atoms with van der Waals surface area (Å²) in [5.41, 5.74) is 5.05. The zero-order valence-corrected chi connectivity index (χ0v) is 4.87. The Labute approximate surface area is 52.9 Å². The Balaban J connectivity index is 2.12. The van der Waals surface area contributed by atoms with E-state index in [0.29, 0.717) is 6.61 Å². The molecule has 1 aliphatic rings. The molecule has 0 radical (unpaired) electrons. The molecule has 0 saturated carbocycles. The van der Waals surface area contributed by atoms with E-state index >= 15 is 0 Å². The van der Waals surface area contributed by atoms with Crippen LogP contribution in [0.5, 0.6) is 0 Å². The predicted molar refractivity (Wildman–Crippen MR) is 32.8 cm³/mol. The minimum atomic E-state index is 0.459. The third kappa shape index (κ3) is 1.71. The van der Waals surface area contributed by atoms with Gasteiger partial charge in [0.2, 0.25) is 0 Å². The highest BCUT2D eigenvalue weighted by atomic mass is 16.7. The van der Waals surface area contributed by atoms with E-state index in [0.717, 1.165) is 0 Å². The molecule has 2 N–H and O–H groups in total. The number of hydroxylamine groups is 1. The lowest BCUT2D eigenvalue weighted by Crippen LogP contribution is -2.37. The molecule has 1 rings (SSSR count). The second-order valence-electron chi connectivity index (χ2n) is 1.38. The molecule has 0 unspecified atom stereocenters. The standard InChI is InChI=1S/C4H8N4O/c1-2-3-9-8-4-5-6-7-8/h2,4,6-7H,1,3H2. The van der Waals surface area contributed by atoms with Crippen molar-refractivity contribution in [3.05, 3.63) is 12.7 Å². The quantitative estimate of drug-likeness (QED) is 0.497. The Hall–Kier alpha value is -1.07. The zero-order valence-electron chi connectivity index (χ0n) is 4.87. The lowest BCUT2D eigenvalue weighted by Gasteiger charge is -2.10. The smallest absolute Gasteiger partial charge is 0.158 e. The van der Waals surface area contributed by atoms with Crippen LogP contribution < -0.4 is 11.1 Å². The normalized spacial score (nSPS) is 15.8. The van der Waals surface area contributed by atoms with Gasteiger partial charge < -0.3 is 0 Å². The molecule has 5 nitrogen and oxygen atoms in total. The van der Waals surface area contributed by atoms with Crippen molar-refractivity contribution in [2.75, 3.05) is 6.61 Å². The summed E-state index contributed by atoms with van der Waals surface area (Å²) < 4.78 is 0. The molecule has 9 heavy (non-hydrogen) atoms. The van der Waals surface area contributed by atoms with E-state index in [9.17, 15) is 0 Å². The van der Waals surface area contributed by atoms with Gasteiger partial charge in [0.25, 0.3) is 0 Å². The van der Waals surface area contributed by atoms with Gasteiger partial charge in [-0.05, 0) is 0 Å². The summed E-state index contributed by atoms with van der Waals surface area (Å²) in [5.74, 6) is 0. The average Bonchev–Trinajstić information content (AvgIpc) is 2.34. The van der Waals surface area contributed by atoms with Crippen molar-refractivity contribution in [1.29, 1.82) is 0 Å². The highest BCUT2D eigenvalue weighted by molar-refractivity contribution is 5.53. The molecule has 0 amide bonds. The molecule has 0 aromatic carbocycles. The van der Waals surface area contributed by atoms with Crippen LogP contribution in [0.2, 0.25) is 0 Å². The van der Waals surface area contributed by atoms with E-state index in [2.05, 4.69) is 22.7 Å². The van der Waals surface area contributed by atoms with Gasteiger partial charge in [-0.1, -0.05) is 6.08 Å². The highest BCUT2D eigenvalue weighted by Crippen LogP contribution is 1.82. The minimum absolute atomic E-state index is 0.459. The fraction of sp³-hybridized carbons (Fsp3) is 0.250. The van der Waals surface area contributed by atoms with Gasteiger partial charge in [-0.25, -0.2) is 5.53 Å². The van der Waals surface area contributed by atoms with Gasteiger partial charge >= 0.3 is 0 Å². The molecule has 0 atom stereocenters. The van der Waals surface area contributed by atoms with Crippen molar-refractivity contribution in [1.82, 2.24) is 16.2 Å². The molecule has 0 spiro atoms. The topological polar surface area (TPSA) is 48.9 Å². The summed E-state index contributed by atoms with van der Waals surface area (Å²) in [6.07, 6.45) is 3.12. The van der Waals surface area contributed by atoms with Crippen LogP contribution in [0.25, 0.3) is 0 Å². The van der Waals surface area contributed by atoms with Crippen molar-refractivity contribution in [3.8, 4) is 0 Å². The van der Waals surface area contributed by atoms with Crippen molar-refractivity contribution >= 4 is 6.34 Å². The van der Waals surface area contributed by atoms with Crippen molar-refractivity contribution in [3.63, 3.8) is 0 Å².